The van der Waals surface area contributed by atoms with E-state index in [9.17, 15) is 14.9 Å². The van der Waals surface area contributed by atoms with Gasteiger partial charge in [0, 0.05) is 13.1 Å². The van der Waals surface area contributed by atoms with Crippen LogP contribution < -0.4 is 4.90 Å². The molecule has 1 aromatic heterocycles. The van der Waals surface area contributed by atoms with Crippen LogP contribution in [0.4, 0.5) is 11.5 Å². The zero-order chi connectivity index (χ0) is 14.0. The first-order valence-corrected chi connectivity index (χ1v) is 6.15. The number of aliphatic carboxylic acids is 1. The van der Waals surface area contributed by atoms with Gasteiger partial charge in [-0.1, -0.05) is 12.8 Å². The Hall–Kier alpha value is -2.12. The third kappa shape index (κ3) is 2.83. The van der Waals surface area contributed by atoms with Gasteiger partial charge in [-0.3, -0.25) is 19.6 Å². The third-order valence-electron chi connectivity index (χ3n) is 3.33. The third-order valence-corrected chi connectivity index (χ3v) is 3.33. The zero-order valence-electron chi connectivity index (χ0n) is 10.7. The van der Waals surface area contributed by atoms with Gasteiger partial charge >= 0.3 is 11.7 Å². The van der Waals surface area contributed by atoms with Crippen molar-refractivity contribution in [3.05, 3.63) is 16.3 Å². The summed E-state index contributed by atoms with van der Waals surface area (Å²) in [5, 5.41) is 24.1. The molecule has 1 aliphatic carbocycles. The molecule has 1 saturated carbocycles. The lowest BCUT2D eigenvalue weighted by molar-refractivity contribution is -0.384. The minimum atomic E-state index is -1.01. The Balaban J connectivity index is 2.36. The van der Waals surface area contributed by atoms with Crippen LogP contribution in [0.15, 0.2) is 6.20 Å². The molecular formula is C11H16N4O4. The summed E-state index contributed by atoms with van der Waals surface area (Å²) in [6, 6.07) is 0.0182. The molecular weight excluding hydrogens is 252 g/mol. The predicted octanol–water partition coefficient (Wildman–Crippen LogP) is 1.16. The molecule has 8 heteroatoms. The molecule has 8 nitrogen and oxygen atoms in total. The summed E-state index contributed by atoms with van der Waals surface area (Å²) >= 11 is 0. The summed E-state index contributed by atoms with van der Waals surface area (Å²) in [6.45, 7) is -0.261. The Labute approximate surface area is 109 Å². The van der Waals surface area contributed by atoms with Crippen molar-refractivity contribution >= 4 is 17.5 Å². The molecule has 0 amide bonds. The van der Waals surface area contributed by atoms with E-state index in [4.69, 9.17) is 5.11 Å². The molecule has 1 N–H and O–H groups in total. The summed E-state index contributed by atoms with van der Waals surface area (Å²) in [7, 11) is 1.59. The first-order chi connectivity index (χ1) is 8.99. The van der Waals surface area contributed by atoms with Crippen LogP contribution >= 0.6 is 0 Å². The topological polar surface area (TPSA) is 102 Å². The van der Waals surface area contributed by atoms with Crippen LogP contribution in [0.25, 0.3) is 0 Å². The van der Waals surface area contributed by atoms with E-state index in [2.05, 4.69) is 5.10 Å². The smallest absolute Gasteiger partial charge is 0.330 e. The maximum Gasteiger partial charge on any atom is 0.330 e. The first-order valence-electron chi connectivity index (χ1n) is 6.15. The highest BCUT2D eigenvalue weighted by Crippen LogP contribution is 2.32. The number of aryl methyl sites for hydroxylation is 1. The van der Waals surface area contributed by atoms with E-state index >= 15 is 0 Å². The normalized spacial score (nSPS) is 15.6. The van der Waals surface area contributed by atoms with Crippen LogP contribution in [-0.4, -0.2) is 38.4 Å². The van der Waals surface area contributed by atoms with Gasteiger partial charge in [0.2, 0.25) is 5.82 Å². The number of aromatic nitrogens is 2. The number of nitrogens with zero attached hydrogens (tertiary/aromatic N) is 4. The molecule has 104 valence electrons. The van der Waals surface area contributed by atoms with Crippen molar-refractivity contribution in [3.63, 3.8) is 0 Å². The van der Waals surface area contributed by atoms with Crippen LogP contribution in [0.2, 0.25) is 0 Å². The Kier molecular flexibility index (Phi) is 3.68. The highest BCUT2D eigenvalue weighted by atomic mass is 16.6. The summed E-state index contributed by atoms with van der Waals surface area (Å²) < 4.78 is 1.34. The first kappa shape index (κ1) is 13.3. The van der Waals surface area contributed by atoms with Gasteiger partial charge in [-0.25, -0.2) is 0 Å². The molecule has 1 heterocycles. The summed E-state index contributed by atoms with van der Waals surface area (Å²) in [4.78, 5) is 23.0. The minimum Gasteiger partial charge on any atom is -0.480 e. The van der Waals surface area contributed by atoms with Crippen LogP contribution in [-0.2, 0) is 11.8 Å². The molecule has 0 saturated heterocycles. The Morgan fingerprint density at radius 2 is 2.26 bits per heavy atom. The number of carbonyl (C=O) groups is 1. The monoisotopic (exact) mass is 268 g/mol. The summed E-state index contributed by atoms with van der Waals surface area (Å²) in [5.74, 6) is -0.853. The van der Waals surface area contributed by atoms with Gasteiger partial charge in [0.25, 0.3) is 0 Å². The van der Waals surface area contributed by atoms with Crippen LogP contribution in [0.3, 0.4) is 0 Å². The van der Waals surface area contributed by atoms with Crippen molar-refractivity contribution in [2.45, 2.75) is 31.7 Å². The van der Waals surface area contributed by atoms with Crippen molar-refractivity contribution in [3.8, 4) is 0 Å². The van der Waals surface area contributed by atoms with Crippen molar-refractivity contribution in [2.24, 2.45) is 7.05 Å². The Bertz CT molecular complexity index is 493. The molecule has 0 radical (unpaired) electrons. The highest BCUT2D eigenvalue weighted by Gasteiger charge is 2.32. The Morgan fingerprint density at radius 3 is 2.79 bits per heavy atom. The van der Waals surface area contributed by atoms with Gasteiger partial charge in [0.05, 0.1) is 4.92 Å². The van der Waals surface area contributed by atoms with Crippen molar-refractivity contribution < 1.29 is 14.8 Å². The number of carboxylic acid groups (broad SMARTS) is 1. The van der Waals surface area contributed by atoms with Crippen LogP contribution in [0.1, 0.15) is 25.7 Å². The van der Waals surface area contributed by atoms with Crippen LogP contribution in [0.5, 0.6) is 0 Å². The van der Waals surface area contributed by atoms with Crippen LogP contribution in [0, 0.1) is 10.1 Å². The zero-order valence-corrected chi connectivity index (χ0v) is 10.7. The van der Waals surface area contributed by atoms with Gasteiger partial charge in [-0.15, -0.1) is 5.10 Å². The second kappa shape index (κ2) is 5.25. The number of rotatable bonds is 5. The SMILES string of the molecule is Cn1cc([N+](=O)[O-])c(N(CC(=O)O)C2CCCC2)n1. The number of anilines is 1. The molecule has 2 rings (SSSR count). The molecule has 0 aliphatic heterocycles. The second-order valence-electron chi connectivity index (χ2n) is 4.73. The fourth-order valence-corrected chi connectivity index (χ4v) is 2.54. The van der Waals surface area contributed by atoms with E-state index in [1.165, 1.54) is 10.9 Å². The summed E-state index contributed by atoms with van der Waals surface area (Å²) in [6.07, 6.45) is 5.03. The maximum atomic E-state index is 11.0. The molecule has 1 aromatic rings. The number of carboxylic acids is 1. The maximum absolute atomic E-state index is 11.0. The molecule has 1 fully saturated rings. The minimum absolute atomic E-state index is 0.0182. The molecule has 19 heavy (non-hydrogen) atoms. The fourth-order valence-electron chi connectivity index (χ4n) is 2.54. The van der Waals surface area contributed by atoms with Gasteiger partial charge in [0.15, 0.2) is 0 Å². The lowest BCUT2D eigenvalue weighted by Gasteiger charge is -2.26. The molecule has 0 atom stereocenters. The van der Waals surface area contributed by atoms with E-state index in [-0.39, 0.29) is 24.1 Å². The second-order valence-corrected chi connectivity index (χ2v) is 4.73. The van der Waals surface area contributed by atoms with E-state index in [1.807, 2.05) is 0 Å². The van der Waals surface area contributed by atoms with Gasteiger partial charge in [-0.05, 0) is 12.8 Å². The van der Waals surface area contributed by atoms with Crippen molar-refractivity contribution in [2.75, 3.05) is 11.4 Å². The van der Waals surface area contributed by atoms with E-state index in [1.54, 1.807) is 11.9 Å². The lowest BCUT2D eigenvalue weighted by Crippen LogP contribution is -2.38. The fraction of sp³-hybridized carbons (Fsp3) is 0.636. The van der Waals surface area contributed by atoms with E-state index < -0.39 is 10.9 Å². The predicted molar refractivity (Wildman–Crippen MR) is 67.1 cm³/mol. The van der Waals surface area contributed by atoms with Gasteiger partial charge in [-0.2, -0.15) is 0 Å². The average molecular weight is 268 g/mol. The van der Waals surface area contributed by atoms with Gasteiger partial charge in [0.1, 0.15) is 12.7 Å². The number of nitro groups is 1. The van der Waals surface area contributed by atoms with E-state index in [0.717, 1.165) is 25.7 Å². The molecule has 0 bridgehead atoms. The summed E-state index contributed by atoms with van der Waals surface area (Å²) in [5.41, 5.74) is -0.143. The highest BCUT2D eigenvalue weighted by molar-refractivity contribution is 5.75. The average Bonchev–Trinajstić information content (AvgIpc) is 2.94. The molecule has 0 unspecified atom stereocenters. The van der Waals surface area contributed by atoms with Crippen molar-refractivity contribution in [1.82, 2.24) is 9.78 Å². The van der Waals surface area contributed by atoms with E-state index in [0.29, 0.717) is 0 Å². The molecule has 0 aromatic carbocycles. The Morgan fingerprint density at radius 1 is 1.63 bits per heavy atom. The number of hydrogen-bond acceptors (Lipinski definition) is 5. The van der Waals surface area contributed by atoms with Gasteiger partial charge < -0.3 is 10.0 Å². The standard InChI is InChI=1S/C11H16N4O4/c1-13-6-9(15(18)19)11(12-13)14(7-10(16)17)8-4-2-3-5-8/h6,8H,2-5,7H2,1H3,(H,16,17). The van der Waals surface area contributed by atoms with Crippen molar-refractivity contribution in [1.29, 1.82) is 0 Å². The largest absolute Gasteiger partial charge is 0.480 e. The lowest BCUT2D eigenvalue weighted by atomic mass is 10.2. The molecule has 1 aliphatic rings. The quantitative estimate of drug-likeness (QED) is 0.635. The molecule has 0 spiro atoms. The number of hydrogen-bond donors (Lipinski definition) is 1.